The van der Waals surface area contributed by atoms with Gasteiger partial charge in [0.05, 0.1) is 12.5 Å². The van der Waals surface area contributed by atoms with Crippen molar-refractivity contribution in [3.63, 3.8) is 0 Å². The minimum atomic E-state index is -4.06. The number of methoxy groups -OCH3 is 1. The minimum absolute atomic E-state index is 0.0524. The van der Waals surface area contributed by atoms with Crippen molar-refractivity contribution in [2.45, 2.75) is 20.3 Å². The third-order valence-electron chi connectivity index (χ3n) is 3.53. The molecular weight excluding hydrogens is 276 g/mol. The third-order valence-corrected chi connectivity index (χ3v) is 4.95. The molecule has 1 aliphatic rings. The maximum absolute atomic E-state index is 11.9. The molecule has 9 heteroatoms. The molecule has 19 heavy (non-hydrogen) atoms. The molecule has 0 aromatic carbocycles. The zero-order valence-corrected chi connectivity index (χ0v) is 11.9. The van der Waals surface area contributed by atoms with Crippen molar-refractivity contribution in [1.82, 2.24) is 9.03 Å². The Morgan fingerprint density at radius 1 is 1.42 bits per heavy atom. The van der Waals surface area contributed by atoms with E-state index < -0.39 is 27.7 Å². The summed E-state index contributed by atoms with van der Waals surface area (Å²) in [5.41, 5.74) is -1.12. The number of carbonyl (C=O) groups is 2. The summed E-state index contributed by atoms with van der Waals surface area (Å²) in [6, 6.07) is 0. The Bertz CT molecular complexity index is 474. The second-order valence-electron chi connectivity index (χ2n) is 4.80. The first-order valence-corrected chi connectivity index (χ1v) is 7.19. The summed E-state index contributed by atoms with van der Waals surface area (Å²) in [5.74, 6) is -1.25. The van der Waals surface area contributed by atoms with Gasteiger partial charge in [0.1, 0.15) is 0 Å². The van der Waals surface area contributed by atoms with E-state index in [4.69, 9.17) is 0 Å². The molecule has 0 saturated carbocycles. The van der Waals surface area contributed by atoms with Gasteiger partial charge in [0, 0.05) is 13.1 Å². The van der Waals surface area contributed by atoms with Crippen LogP contribution in [0.25, 0.3) is 0 Å². The summed E-state index contributed by atoms with van der Waals surface area (Å²) in [5, 5.41) is 9.31. The van der Waals surface area contributed by atoms with E-state index in [2.05, 4.69) is 4.74 Å². The molecule has 1 amide bonds. The van der Waals surface area contributed by atoms with Gasteiger partial charge in [-0.25, -0.2) is 9.52 Å². The maximum atomic E-state index is 11.9. The topological polar surface area (TPSA) is 113 Å². The number of aliphatic carboxylic acids is 1. The smallest absolute Gasteiger partial charge is 0.421 e. The first kappa shape index (κ1) is 15.7. The molecule has 1 fully saturated rings. The van der Waals surface area contributed by atoms with Gasteiger partial charge in [-0.15, -0.1) is 0 Å². The van der Waals surface area contributed by atoms with Gasteiger partial charge in [0.15, 0.2) is 0 Å². The average molecular weight is 294 g/mol. The predicted molar refractivity (Wildman–Crippen MR) is 65.6 cm³/mol. The number of hydrogen-bond acceptors (Lipinski definition) is 5. The molecule has 1 heterocycles. The zero-order valence-electron chi connectivity index (χ0n) is 11.0. The number of rotatable bonds is 4. The molecule has 1 aliphatic heterocycles. The van der Waals surface area contributed by atoms with E-state index in [9.17, 15) is 23.1 Å². The lowest BCUT2D eigenvalue weighted by molar-refractivity contribution is -0.150. The maximum Gasteiger partial charge on any atom is 0.421 e. The number of carboxylic acid groups (broad SMARTS) is 1. The van der Waals surface area contributed by atoms with Crippen molar-refractivity contribution in [3.05, 3.63) is 0 Å². The summed E-state index contributed by atoms with van der Waals surface area (Å²) in [4.78, 5) is 22.3. The van der Waals surface area contributed by atoms with E-state index in [1.807, 2.05) is 0 Å². The van der Waals surface area contributed by atoms with Gasteiger partial charge in [0.25, 0.3) is 0 Å². The van der Waals surface area contributed by atoms with Crippen LogP contribution < -0.4 is 4.72 Å². The van der Waals surface area contributed by atoms with Crippen LogP contribution in [0, 0.1) is 11.3 Å². The van der Waals surface area contributed by atoms with E-state index in [-0.39, 0.29) is 25.4 Å². The number of nitrogens with zero attached hydrogens (tertiary/aromatic N) is 1. The highest BCUT2D eigenvalue weighted by molar-refractivity contribution is 7.87. The molecule has 1 atom stereocenters. The third kappa shape index (κ3) is 2.98. The molecule has 2 N–H and O–H groups in total. The highest BCUT2D eigenvalue weighted by Crippen LogP contribution is 2.38. The molecule has 0 bridgehead atoms. The van der Waals surface area contributed by atoms with Gasteiger partial charge >= 0.3 is 22.3 Å². The Morgan fingerprint density at radius 3 is 2.37 bits per heavy atom. The van der Waals surface area contributed by atoms with Gasteiger partial charge in [-0.1, -0.05) is 13.8 Å². The quantitative estimate of drug-likeness (QED) is 0.755. The second-order valence-corrected chi connectivity index (χ2v) is 6.47. The Hall–Kier alpha value is -1.35. The first-order chi connectivity index (χ1) is 8.65. The molecule has 110 valence electrons. The lowest BCUT2D eigenvalue weighted by Gasteiger charge is -2.28. The Morgan fingerprint density at radius 2 is 2.00 bits per heavy atom. The van der Waals surface area contributed by atoms with Crippen LogP contribution in [0.5, 0.6) is 0 Å². The number of amides is 1. The van der Waals surface area contributed by atoms with Gasteiger partial charge in [-0.2, -0.15) is 12.7 Å². The molecule has 1 rings (SSSR count). The van der Waals surface area contributed by atoms with E-state index >= 15 is 0 Å². The van der Waals surface area contributed by atoms with Crippen molar-refractivity contribution in [2.75, 3.05) is 20.2 Å². The number of carbonyl (C=O) groups excluding carboxylic acids is 1. The van der Waals surface area contributed by atoms with Gasteiger partial charge in [-0.3, -0.25) is 4.79 Å². The highest BCUT2D eigenvalue weighted by atomic mass is 32.2. The molecule has 0 spiro atoms. The van der Waals surface area contributed by atoms with Crippen molar-refractivity contribution in [1.29, 1.82) is 0 Å². The summed E-state index contributed by atoms with van der Waals surface area (Å²) in [7, 11) is -3.02. The fraction of sp³-hybridized carbons (Fsp3) is 0.800. The molecule has 0 aromatic heterocycles. The second kappa shape index (κ2) is 5.33. The van der Waals surface area contributed by atoms with E-state index in [1.165, 1.54) is 0 Å². The van der Waals surface area contributed by atoms with Crippen molar-refractivity contribution >= 4 is 22.3 Å². The Labute approximate surface area is 111 Å². The molecular formula is C10H18N2O6S. The fourth-order valence-electron chi connectivity index (χ4n) is 2.11. The summed E-state index contributed by atoms with van der Waals surface area (Å²) >= 11 is 0. The van der Waals surface area contributed by atoms with Crippen LogP contribution >= 0.6 is 0 Å². The highest BCUT2D eigenvalue weighted by Gasteiger charge is 2.50. The van der Waals surface area contributed by atoms with Gasteiger partial charge in [-0.05, 0) is 12.3 Å². The molecule has 8 nitrogen and oxygen atoms in total. The largest absolute Gasteiger partial charge is 0.481 e. The lowest BCUT2D eigenvalue weighted by atomic mass is 9.77. The number of nitrogens with one attached hydrogen (secondary N) is 1. The molecule has 0 radical (unpaired) electrons. The van der Waals surface area contributed by atoms with Crippen molar-refractivity contribution in [3.8, 4) is 0 Å². The zero-order chi connectivity index (χ0) is 14.8. The number of carboxylic acids is 1. The molecule has 1 unspecified atom stereocenters. The Kier molecular flexibility index (Phi) is 4.41. The SMILES string of the molecule is COC(=O)NS(=O)(=O)N1CCC(C(=O)O)(C(C)C)C1. The van der Waals surface area contributed by atoms with Gasteiger partial charge in [0.2, 0.25) is 0 Å². The summed E-state index contributed by atoms with van der Waals surface area (Å²) in [6.45, 7) is 3.36. The van der Waals surface area contributed by atoms with Gasteiger partial charge < -0.3 is 9.84 Å². The van der Waals surface area contributed by atoms with Crippen molar-refractivity contribution in [2.24, 2.45) is 11.3 Å². The van der Waals surface area contributed by atoms with Crippen LogP contribution in [-0.2, 0) is 19.7 Å². The van der Waals surface area contributed by atoms with Crippen LogP contribution in [-0.4, -0.2) is 50.1 Å². The molecule has 1 saturated heterocycles. The lowest BCUT2D eigenvalue weighted by Crippen LogP contribution is -2.45. The van der Waals surface area contributed by atoms with Crippen LogP contribution in [0.3, 0.4) is 0 Å². The van der Waals surface area contributed by atoms with E-state index in [0.29, 0.717) is 0 Å². The van der Waals surface area contributed by atoms with Crippen molar-refractivity contribution < 1.29 is 27.9 Å². The summed E-state index contributed by atoms with van der Waals surface area (Å²) in [6.07, 6.45) is -0.889. The number of ether oxygens (including phenoxy) is 1. The standard InChI is InChI=1S/C10H18N2O6S/c1-7(2)10(8(13)14)4-5-12(6-10)19(16,17)11-9(15)18-3/h7H,4-6H2,1-3H3,(H,11,15)(H,13,14). The van der Waals surface area contributed by atoms with Crippen LogP contribution in [0.4, 0.5) is 4.79 Å². The predicted octanol–water partition coefficient (Wildman–Crippen LogP) is 0.0199. The van der Waals surface area contributed by atoms with Crippen LogP contribution in [0.15, 0.2) is 0 Å². The Balaban J connectivity index is 2.91. The van der Waals surface area contributed by atoms with Crippen LogP contribution in [0.2, 0.25) is 0 Å². The van der Waals surface area contributed by atoms with Crippen LogP contribution in [0.1, 0.15) is 20.3 Å². The number of hydrogen-bond donors (Lipinski definition) is 2. The first-order valence-electron chi connectivity index (χ1n) is 5.75. The fourth-order valence-corrected chi connectivity index (χ4v) is 3.26. The van der Waals surface area contributed by atoms with E-state index in [0.717, 1.165) is 11.4 Å². The molecule has 0 aliphatic carbocycles. The molecule has 0 aromatic rings. The normalized spacial score (nSPS) is 24.4. The summed E-state index contributed by atoms with van der Waals surface area (Å²) < 4.78 is 30.6. The van der Waals surface area contributed by atoms with E-state index in [1.54, 1.807) is 18.6 Å². The minimum Gasteiger partial charge on any atom is -0.481 e. The average Bonchev–Trinajstić information content (AvgIpc) is 2.75. The monoisotopic (exact) mass is 294 g/mol.